The minimum atomic E-state index is -0.607. The van der Waals surface area contributed by atoms with E-state index in [9.17, 15) is 0 Å². The molecule has 0 radical (unpaired) electrons. The first-order valence-corrected chi connectivity index (χ1v) is 21.3. The van der Waals surface area contributed by atoms with Crippen LogP contribution in [-0.4, -0.2) is 0 Å². The molecule has 13 rings (SSSR count). The molecule has 2 aliphatic carbocycles. The first kappa shape index (κ1) is 34.2. The van der Waals surface area contributed by atoms with Crippen LogP contribution in [0.1, 0.15) is 44.5 Å². The molecule has 1 heteroatoms. The van der Waals surface area contributed by atoms with Gasteiger partial charge in [0, 0.05) is 11.1 Å². The molecule has 1 atom stereocenters. The summed E-state index contributed by atoms with van der Waals surface area (Å²) in [5.74, 6) is 1.75. The van der Waals surface area contributed by atoms with Crippen molar-refractivity contribution in [1.82, 2.24) is 0 Å². The summed E-state index contributed by atoms with van der Waals surface area (Å²) in [5.41, 5.74) is 19.1. The van der Waals surface area contributed by atoms with E-state index in [1.54, 1.807) is 0 Å². The summed E-state index contributed by atoms with van der Waals surface area (Å²) in [6.07, 6.45) is 0. The largest absolute Gasteiger partial charge is 0.457 e. The summed E-state index contributed by atoms with van der Waals surface area (Å²) in [5, 5.41) is 2.57. The Balaban J connectivity index is 1.07. The van der Waals surface area contributed by atoms with Crippen molar-refractivity contribution in [3.8, 4) is 56.0 Å². The molecule has 1 heterocycles. The van der Waals surface area contributed by atoms with Crippen LogP contribution in [0, 0.1) is 0 Å². The van der Waals surface area contributed by atoms with Gasteiger partial charge in [-0.3, -0.25) is 0 Å². The topological polar surface area (TPSA) is 9.23 Å². The second-order valence-corrected chi connectivity index (χ2v) is 16.6. The zero-order chi connectivity index (χ0) is 40.1. The van der Waals surface area contributed by atoms with Crippen molar-refractivity contribution in [3.05, 3.63) is 275 Å². The highest BCUT2D eigenvalue weighted by Gasteiger charge is 2.52. The molecule has 10 aromatic rings. The van der Waals surface area contributed by atoms with Crippen LogP contribution in [0.15, 0.2) is 231 Å². The molecule has 0 saturated carbocycles. The Labute approximate surface area is 355 Å². The van der Waals surface area contributed by atoms with Gasteiger partial charge >= 0.3 is 0 Å². The van der Waals surface area contributed by atoms with Crippen molar-refractivity contribution in [2.24, 2.45) is 0 Å². The highest BCUT2D eigenvalue weighted by atomic mass is 16.5. The molecule has 3 aliphatic rings. The molecule has 10 aromatic carbocycles. The van der Waals surface area contributed by atoms with E-state index in [1.807, 2.05) is 0 Å². The monoisotopic (exact) mass is 774 g/mol. The van der Waals surface area contributed by atoms with E-state index < -0.39 is 10.8 Å². The summed E-state index contributed by atoms with van der Waals surface area (Å²) >= 11 is 0. The Morgan fingerprint density at radius 3 is 1.54 bits per heavy atom. The third-order valence-corrected chi connectivity index (χ3v) is 13.8. The third-order valence-electron chi connectivity index (χ3n) is 13.8. The fourth-order valence-corrected chi connectivity index (χ4v) is 11.5. The minimum Gasteiger partial charge on any atom is -0.457 e. The van der Waals surface area contributed by atoms with E-state index in [1.165, 1.54) is 83.1 Å². The fourth-order valence-electron chi connectivity index (χ4n) is 11.5. The quantitative estimate of drug-likeness (QED) is 0.173. The highest BCUT2D eigenvalue weighted by Crippen LogP contribution is 2.65. The standard InChI is InChI=1S/C60H38O/c1-3-19-41(20-4-1)59(42-21-5-2-6-22-42)51-31-15-16-33-55(51)61-56-37-35-40(38-54(56)59)43-23-9-10-25-45(43)46-28-17-32-52-58(46)48-27-12-14-30-50(48)60(52)49-29-13-11-26-47(49)57-44-24-8-7-18-39(44)34-36-53(57)60/h1-38H. The lowest BCUT2D eigenvalue weighted by Gasteiger charge is -2.41. The second-order valence-electron chi connectivity index (χ2n) is 16.6. The maximum Gasteiger partial charge on any atom is 0.132 e. The Hall–Kier alpha value is -7.74. The number of rotatable bonds is 4. The van der Waals surface area contributed by atoms with Crippen LogP contribution in [0.2, 0.25) is 0 Å². The van der Waals surface area contributed by atoms with E-state index in [-0.39, 0.29) is 0 Å². The van der Waals surface area contributed by atoms with Gasteiger partial charge in [-0.2, -0.15) is 0 Å². The Kier molecular flexibility index (Phi) is 7.21. The predicted molar refractivity (Wildman–Crippen MR) is 250 cm³/mol. The first-order chi connectivity index (χ1) is 30.3. The van der Waals surface area contributed by atoms with Gasteiger partial charge in [-0.15, -0.1) is 0 Å². The van der Waals surface area contributed by atoms with Gasteiger partial charge < -0.3 is 4.74 Å². The molecule has 0 aromatic heterocycles. The predicted octanol–water partition coefficient (Wildman–Crippen LogP) is 15.0. The molecule has 0 bridgehead atoms. The Morgan fingerprint density at radius 2 is 0.803 bits per heavy atom. The van der Waals surface area contributed by atoms with E-state index in [0.29, 0.717) is 0 Å². The van der Waals surface area contributed by atoms with Crippen LogP contribution in [0.3, 0.4) is 0 Å². The average Bonchev–Trinajstić information content (AvgIpc) is 3.81. The van der Waals surface area contributed by atoms with Crippen LogP contribution in [-0.2, 0) is 10.8 Å². The van der Waals surface area contributed by atoms with Crippen LogP contribution < -0.4 is 4.74 Å². The summed E-state index contributed by atoms with van der Waals surface area (Å²) in [6.45, 7) is 0. The number of fused-ring (bicyclic) bond motifs is 14. The first-order valence-electron chi connectivity index (χ1n) is 21.3. The maximum absolute atomic E-state index is 6.82. The molecule has 0 N–H and O–H groups in total. The molecule has 1 unspecified atom stereocenters. The maximum atomic E-state index is 6.82. The van der Waals surface area contributed by atoms with Crippen LogP contribution in [0.25, 0.3) is 55.3 Å². The molecule has 0 saturated heterocycles. The summed E-state index contributed by atoms with van der Waals surface area (Å²) < 4.78 is 6.82. The van der Waals surface area contributed by atoms with Gasteiger partial charge in [-0.25, -0.2) is 0 Å². The van der Waals surface area contributed by atoms with Crippen LogP contribution in [0.4, 0.5) is 0 Å². The molecule has 1 nitrogen and oxygen atoms in total. The van der Waals surface area contributed by atoms with E-state index >= 15 is 0 Å². The molecule has 1 spiro atoms. The van der Waals surface area contributed by atoms with Gasteiger partial charge in [-0.05, 0) is 107 Å². The third kappa shape index (κ3) is 4.50. The van der Waals surface area contributed by atoms with E-state index in [4.69, 9.17) is 4.74 Å². The van der Waals surface area contributed by atoms with Gasteiger partial charge in [0.2, 0.25) is 0 Å². The molecule has 0 fully saturated rings. The number of hydrogen-bond acceptors (Lipinski definition) is 1. The molecule has 0 amide bonds. The van der Waals surface area contributed by atoms with Crippen LogP contribution >= 0.6 is 0 Å². The summed E-state index contributed by atoms with van der Waals surface area (Å²) in [7, 11) is 0. The van der Waals surface area contributed by atoms with E-state index in [2.05, 4.69) is 231 Å². The zero-order valence-corrected chi connectivity index (χ0v) is 33.3. The lowest BCUT2D eigenvalue weighted by atomic mass is 9.63. The van der Waals surface area contributed by atoms with Crippen molar-refractivity contribution in [3.63, 3.8) is 0 Å². The number of ether oxygens (including phenoxy) is 1. The summed E-state index contributed by atoms with van der Waals surface area (Å²) in [4.78, 5) is 0. The number of para-hydroxylation sites is 1. The van der Waals surface area contributed by atoms with E-state index in [0.717, 1.165) is 28.2 Å². The molecular weight excluding hydrogens is 737 g/mol. The lowest BCUT2D eigenvalue weighted by molar-refractivity contribution is 0.434. The average molecular weight is 775 g/mol. The molecule has 61 heavy (non-hydrogen) atoms. The van der Waals surface area contributed by atoms with Gasteiger partial charge in [0.25, 0.3) is 0 Å². The normalized spacial score (nSPS) is 15.9. The van der Waals surface area contributed by atoms with Crippen molar-refractivity contribution in [1.29, 1.82) is 0 Å². The van der Waals surface area contributed by atoms with Gasteiger partial charge in [0.1, 0.15) is 11.5 Å². The smallest absolute Gasteiger partial charge is 0.132 e. The van der Waals surface area contributed by atoms with Crippen LogP contribution in [0.5, 0.6) is 11.5 Å². The number of hydrogen-bond donors (Lipinski definition) is 0. The lowest BCUT2D eigenvalue weighted by Crippen LogP contribution is -2.34. The van der Waals surface area contributed by atoms with Gasteiger partial charge in [0.15, 0.2) is 0 Å². The van der Waals surface area contributed by atoms with Crippen molar-refractivity contribution < 1.29 is 4.74 Å². The zero-order valence-electron chi connectivity index (χ0n) is 33.3. The van der Waals surface area contributed by atoms with Gasteiger partial charge in [0.05, 0.1) is 10.8 Å². The van der Waals surface area contributed by atoms with Crippen molar-refractivity contribution in [2.45, 2.75) is 10.8 Å². The Bertz CT molecular complexity index is 3360. The summed E-state index contributed by atoms with van der Waals surface area (Å²) in [6, 6.07) is 85.1. The Morgan fingerprint density at radius 1 is 0.279 bits per heavy atom. The van der Waals surface area contributed by atoms with Crippen molar-refractivity contribution >= 4 is 10.8 Å². The molecule has 284 valence electrons. The second kappa shape index (κ2) is 12.9. The van der Waals surface area contributed by atoms with Crippen molar-refractivity contribution in [2.75, 3.05) is 0 Å². The number of benzene rings is 10. The highest BCUT2D eigenvalue weighted by molar-refractivity contribution is 6.08. The molecular formula is C60H38O. The van der Waals surface area contributed by atoms with Gasteiger partial charge in [-0.1, -0.05) is 212 Å². The SMILES string of the molecule is c1ccc(C2(c3ccccc3)c3ccccc3Oc3ccc(-c4ccccc4-c4cccc5c4-c4ccccc4C54c5ccccc5-c5c4ccc4ccccc54)cc32)cc1. The minimum absolute atomic E-state index is 0.450. The molecule has 1 aliphatic heterocycles. The fraction of sp³-hybridized carbons (Fsp3) is 0.0333.